The van der Waals surface area contributed by atoms with Crippen LogP contribution in [0.5, 0.6) is 5.75 Å². The second kappa shape index (κ2) is 5.01. The Kier molecular flexibility index (Phi) is 3.96. The highest BCUT2D eigenvalue weighted by molar-refractivity contribution is 7.19. The topological polar surface area (TPSA) is 9.23 Å². The molecule has 0 aliphatic heterocycles. The Bertz CT molecular complexity index is 404. The first-order chi connectivity index (χ1) is 6.79. The normalized spacial score (nSPS) is 9.43. The van der Waals surface area contributed by atoms with Crippen molar-refractivity contribution in [2.75, 3.05) is 7.11 Å². The van der Waals surface area contributed by atoms with Crippen molar-refractivity contribution >= 4 is 21.4 Å². The third-order valence-corrected chi connectivity index (χ3v) is 2.86. The van der Waals surface area contributed by atoms with Crippen LogP contribution in [0.4, 0.5) is 0 Å². The minimum absolute atomic E-state index is 0.935. The first-order valence-corrected chi connectivity index (χ1v) is 5.65. The van der Waals surface area contributed by atoms with Gasteiger partial charge in [0.2, 0.25) is 0 Å². The number of hydrogen-bond donors (Lipinski definition) is 0. The summed E-state index contributed by atoms with van der Waals surface area (Å²) in [6, 6.07) is 8.36. The maximum atomic E-state index is 5.14. The summed E-state index contributed by atoms with van der Waals surface area (Å²) in [5.41, 5.74) is 0. The van der Waals surface area contributed by atoms with Gasteiger partial charge in [-0.1, -0.05) is 13.8 Å². The average Bonchev–Trinajstić information content (AvgIpc) is 2.59. The van der Waals surface area contributed by atoms with Crippen LogP contribution >= 0.6 is 11.3 Å². The molecule has 2 rings (SSSR count). The zero-order chi connectivity index (χ0) is 10.6. The minimum Gasteiger partial charge on any atom is -0.497 e. The number of rotatable bonds is 1. The van der Waals surface area contributed by atoms with Crippen molar-refractivity contribution < 1.29 is 4.74 Å². The Balaban J connectivity index is 0.000000461. The van der Waals surface area contributed by atoms with E-state index in [2.05, 4.69) is 25.1 Å². The van der Waals surface area contributed by atoms with Gasteiger partial charge in [0.1, 0.15) is 5.75 Å². The fraction of sp³-hybridized carbons (Fsp3) is 0.333. The Morgan fingerprint density at radius 1 is 1.14 bits per heavy atom. The number of aryl methyl sites for hydroxylation is 1. The van der Waals surface area contributed by atoms with Crippen LogP contribution in [-0.2, 0) is 0 Å². The van der Waals surface area contributed by atoms with E-state index in [1.165, 1.54) is 15.0 Å². The lowest BCUT2D eigenvalue weighted by Crippen LogP contribution is -1.79. The largest absolute Gasteiger partial charge is 0.497 e. The molecule has 0 N–H and O–H groups in total. The highest BCUT2D eigenvalue weighted by Crippen LogP contribution is 2.28. The highest BCUT2D eigenvalue weighted by atomic mass is 32.1. The molecule has 2 heteroatoms. The van der Waals surface area contributed by atoms with Gasteiger partial charge in [-0.15, -0.1) is 11.3 Å². The number of thiophene rings is 1. The predicted molar refractivity (Wildman–Crippen MR) is 64.5 cm³/mol. The van der Waals surface area contributed by atoms with Crippen molar-refractivity contribution in [2.24, 2.45) is 0 Å². The Morgan fingerprint density at radius 2 is 1.86 bits per heavy atom. The molecule has 2 aromatic rings. The molecule has 0 bridgehead atoms. The van der Waals surface area contributed by atoms with Crippen LogP contribution in [0.2, 0.25) is 0 Å². The molecule has 1 heterocycles. The number of fused-ring (bicyclic) bond motifs is 1. The third-order valence-electron chi connectivity index (χ3n) is 1.85. The first kappa shape index (κ1) is 11.1. The van der Waals surface area contributed by atoms with E-state index in [1.54, 1.807) is 18.4 Å². The van der Waals surface area contributed by atoms with E-state index in [1.807, 2.05) is 19.9 Å². The molecule has 0 aliphatic rings. The lowest BCUT2D eigenvalue weighted by molar-refractivity contribution is 0.415. The molecule has 0 unspecified atom stereocenters. The summed E-state index contributed by atoms with van der Waals surface area (Å²) >= 11 is 1.80. The fourth-order valence-electron chi connectivity index (χ4n) is 1.27. The molecule has 0 saturated heterocycles. The molecule has 0 amide bonds. The van der Waals surface area contributed by atoms with Crippen LogP contribution in [-0.4, -0.2) is 7.11 Å². The van der Waals surface area contributed by atoms with Gasteiger partial charge in [0.05, 0.1) is 7.11 Å². The summed E-state index contributed by atoms with van der Waals surface area (Å²) in [6.45, 7) is 6.12. The van der Waals surface area contributed by atoms with Crippen LogP contribution in [0.1, 0.15) is 18.7 Å². The molecule has 0 saturated carbocycles. The van der Waals surface area contributed by atoms with Gasteiger partial charge in [-0.3, -0.25) is 0 Å². The van der Waals surface area contributed by atoms with Gasteiger partial charge in [0, 0.05) is 9.58 Å². The van der Waals surface area contributed by atoms with Gasteiger partial charge in [0.15, 0.2) is 0 Å². The molecule has 0 atom stereocenters. The van der Waals surface area contributed by atoms with Crippen LogP contribution in [0.3, 0.4) is 0 Å². The number of ether oxygens (including phenoxy) is 1. The van der Waals surface area contributed by atoms with Crippen LogP contribution in [0.25, 0.3) is 10.1 Å². The van der Waals surface area contributed by atoms with Crippen molar-refractivity contribution in [2.45, 2.75) is 20.8 Å². The molecule has 0 aliphatic carbocycles. The molecular weight excluding hydrogens is 192 g/mol. The second-order valence-corrected chi connectivity index (χ2v) is 4.05. The number of hydrogen-bond acceptors (Lipinski definition) is 2. The Morgan fingerprint density at radius 3 is 2.50 bits per heavy atom. The summed E-state index contributed by atoms with van der Waals surface area (Å²) in [5, 5.41) is 1.30. The molecule has 0 fully saturated rings. The zero-order valence-electron chi connectivity index (χ0n) is 9.13. The van der Waals surface area contributed by atoms with E-state index in [0.29, 0.717) is 0 Å². The quantitative estimate of drug-likeness (QED) is 0.681. The molecule has 1 aromatic heterocycles. The van der Waals surface area contributed by atoms with Crippen LogP contribution in [0.15, 0.2) is 24.3 Å². The lowest BCUT2D eigenvalue weighted by atomic mass is 10.2. The summed E-state index contributed by atoms with van der Waals surface area (Å²) in [5.74, 6) is 0.935. The molecule has 1 aromatic carbocycles. The first-order valence-electron chi connectivity index (χ1n) is 4.84. The van der Waals surface area contributed by atoms with E-state index >= 15 is 0 Å². The smallest absolute Gasteiger partial charge is 0.120 e. The monoisotopic (exact) mass is 208 g/mol. The summed E-state index contributed by atoms with van der Waals surface area (Å²) in [6.07, 6.45) is 0. The van der Waals surface area contributed by atoms with Crippen molar-refractivity contribution in [3.05, 3.63) is 29.1 Å². The minimum atomic E-state index is 0.935. The van der Waals surface area contributed by atoms with Gasteiger partial charge in [0.25, 0.3) is 0 Å². The maximum Gasteiger partial charge on any atom is 0.120 e. The summed E-state index contributed by atoms with van der Waals surface area (Å²) in [4.78, 5) is 1.35. The van der Waals surface area contributed by atoms with E-state index in [0.717, 1.165) is 5.75 Å². The SMILES string of the molecule is CC.COc1ccc2cc(C)sc2c1. The van der Waals surface area contributed by atoms with Gasteiger partial charge in [-0.05, 0) is 36.6 Å². The maximum absolute atomic E-state index is 5.14. The highest BCUT2D eigenvalue weighted by Gasteiger charge is 1.98. The van der Waals surface area contributed by atoms with Crippen LogP contribution in [0, 0.1) is 6.92 Å². The second-order valence-electron chi connectivity index (χ2n) is 2.76. The van der Waals surface area contributed by atoms with Gasteiger partial charge < -0.3 is 4.74 Å². The third kappa shape index (κ3) is 2.26. The Hall–Kier alpha value is -1.02. The molecule has 1 nitrogen and oxygen atoms in total. The predicted octanol–water partition coefficient (Wildman–Crippen LogP) is 4.24. The Labute approximate surface area is 89.3 Å². The molecule has 0 radical (unpaired) electrons. The van der Waals surface area contributed by atoms with Crippen molar-refractivity contribution in [1.82, 2.24) is 0 Å². The lowest BCUT2D eigenvalue weighted by Gasteiger charge is -1.97. The number of methoxy groups -OCH3 is 1. The molecule has 14 heavy (non-hydrogen) atoms. The molecule has 76 valence electrons. The van der Waals surface area contributed by atoms with Crippen LogP contribution < -0.4 is 4.74 Å². The fourth-order valence-corrected chi connectivity index (χ4v) is 2.22. The molecule has 0 spiro atoms. The van der Waals surface area contributed by atoms with Crippen molar-refractivity contribution in [3.8, 4) is 5.75 Å². The number of benzene rings is 1. The van der Waals surface area contributed by atoms with Gasteiger partial charge in [-0.25, -0.2) is 0 Å². The van der Waals surface area contributed by atoms with E-state index in [-0.39, 0.29) is 0 Å². The van der Waals surface area contributed by atoms with Gasteiger partial charge in [-0.2, -0.15) is 0 Å². The van der Waals surface area contributed by atoms with E-state index < -0.39 is 0 Å². The van der Waals surface area contributed by atoms with E-state index in [9.17, 15) is 0 Å². The average molecular weight is 208 g/mol. The summed E-state index contributed by atoms with van der Waals surface area (Å²) < 4.78 is 6.44. The summed E-state index contributed by atoms with van der Waals surface area (Å²) in [7, 11) is 1.70. The standard InChI is InChI=1S/C10H10OS.C2H6/c1-7-5-8-3-4-9(11-2)6-10(8)12-7;1-2/h3-6H,1-2H3;1-2H3. The van der Waals surface area contributed by atoms with E-state index in [4.69, 9.17) is 4.74 Å². The van der Waals surface area contributed by atoms with Crippen molar-refractivity contribution in [3.63, 3.8) is 0 Å². The molecular formula is C12H16OS. The zero-order valence-corrected chi connectivity index (χ0v) is 9.94. The van der Waals surface area contributed by atoms with Gasteiger partial charge >= 0.3 is 0 Å². The van der Waals surface area contributed by atoms with Crippen molar-refractivity contribution in [1.29, 1.82) is 0 Å².